The van der Waals surface area contributed by atoms with Crippen molar-refractivity contribution in [2.75, 3.05) is 0 Å². The van der Waals surface area contributed by atoms with Crippen LogP contribution in [0.2, 0.25) is 0 Å². The van der Waals surface area contributed by atoms with Crippen molar-refractivity contribution in [1.82, 2.24) is 0 Å². The number of esters is 2. The van der Waals surface area contributed by atoms with E-state index in [9.17, 15) is 22.6 Å². The van der Waals surface area contributed by atoms with Crippen LogP contribution in [0.5, 0.6) is 0 Å². The molecule has 1 aromatic carbocycles. The molecule has 0 aliphatic heterocycles. The number of benzene rings is 1. The summed E-state index contributed by atoms with van der Waals surface area (Å²) in [5.41, 5.74) is -0.504. The Morgan fingerprint density at radius 3 is 1.28 bits per heavy atom. The maximum absolute atomic E-state index is 12.8. The van der Waals surface area contributed by atoms with Crippen molar-refractivity contribution in [3.8, 4) is 0 Å². The second-order valence-corrected chi connectivity index (χ2v) is 13.7. The van der Waals surface area contributed by atoms with Gasteiger partial charge in [0.1, 0.15) is 10.1 Å². The number of rotatable bonds is 29. The van der Waals surface area contributed by atoms with Gasteiger partial charge in [-0.2, -0.15) is 0 Å². The minimum Gasteiger partial charge on any atom is -0.744 e. The number of unbranched alkanes of at least 4 members (excludes halogenated alkanes) is 22. The van der Waals surface area contributed by atoms with Gasteiger partial charge in [-0.05, 0) is 56.0 Å². The Labute approximate surface area is 308 Å². The van der Waals surface area contributed by atoms with Crippen molar-refractivity contribution < 1.29 is 61.6 Å². The average Bonchev–Trinajstić information content (AvgIpc) is 3.04. The van der Waals surface area contributed by atoms with Crippen molar-refractivity contribution >= 4 is 22.1 Å². The van der Waals surface area contributed by atoms with Gasteiger partial charge in [-0.25, -0.2) is 18.0 Å². The Morgan fingerprint density at radius 2 is 0.915 bits per heavy atom. The molecule has 1 rings (SSSR count). The van der Waals surface area contributed by atoms with Crippen LogP contribution in [0, 0.1) is 0 Å². The standard InChI is InChI=1S/C38H62O7S.Na/c1-3-5-7-9-11-13-15-17-19-21-23-25-27-31-44-37(39)35-30-29-34(46(41,42)43)33-36(35)38(40)45-32-28-26-24-22-20-18-16-14-12-10-8-6-4-2;/h27-33H,3-26H2,1-2H3,(H,41,42,43);/q;+1/p-1/b31-27+,32-28+;. The summed E-state index contributed by atoms with van der Waals surface area (Å²) in [6, 6.07) is 2.97. The third kappa shape index (κ3) is 24.4. The predicted octanol–water partition coefficient (Wildman–Crippen LogP) is 8.34. The van der Waals surface area contributed by atoms with Crippen LogP contribution in [0.4, 0.5) is 0 Å². The van der Waals surface area contributed by atoms with Gasteiger partial charge in [0.15, 0.2) is 0 Å². The van der Waals surface area contributed by atoms with Crippen LogP contribution in [-0.2, 0) is 19.6 Å². The molecular formula is C38H61NaO7S. The summed E-state index contributed by atoms with van der Waals surface area (Å²) < 4.78 is 45.0. The molecule has 0 amide bonds. The third-order valence-corrected chi connectivity index (χ3v) is 9.04. The zero-order valence-electron chi connectivity index (χ0n) is 29.8. The first kappa shape index (κ1) is 45.6. The van der Waals surface area contributed by atoms with E-state index in [0.29, 0.717) is 0 Å². The molecule has 47 heavy (non-hydrogen) atoms. The number of hydrogen-bond acceptors (Lipinski definition) is 7. The molecule has 0 unspecified atom stereocenters. The van der Waals surface area contributed by atoms with Crippen LogP contribution < -0.4 is 29.6 Å². The van der Waals surface area contributed by atoms with Gasteiger partial charge in [0, 0.05) is 0 Å². The maximum Gasteiger partial charge on any atom is 1.00 e. The molecule has 0 spiro atoms. The topological polar surface area (TPSA) is 110 Å². The van der Waals surface area contributed by atoms with E-state index < -0.39 is 27.0 Å². The molecule has 0 aliphatic carbocycles. The van der Waals surface area contributed by atoms with Gasteiger partial charge in [-0.3, -0.25) is 0 Å². The predicted molar refractivity (Wildman–Crippen MR) is 186 cm³/mol. The van der Waals surface area contributed by atoms with Crippen LogP contribution in [-0.4, -0.2) is 24.9 Å². The van der Waals surface area contributed by atoms with Crippen molar-refractivity contribution in [1.29, 1.82) is 0 Å². The van der Waals surface area contributed by atoms with Gasteiger partial charge in [0.25, 0.3) is 0 Å². The summed E-state index contributed by atoms with van der Waals surface area (Å²) in [4.78, 5) is 24.9. The molecule has 0 fully saturated rings. The molecule has 0 atom stereocenters. The maximum atomic E-state index is 12.8. The zero-order valence-corrected chi connectivity index (χ0v) is 32.6. The summed E-state index contributed by atoms with van der Waals surface area (Å²) in [7, 11) is -4.84. The van der Waals surface area contributed by atoms with Crippen LogP contribution in [0.15, 0.2) is 47.8 Å². The molecule has 0 bridgehead atoms. The Balaban J connectivity index is 0.0000212. The summed E-state index contributed by atoms with van der Waals surface area (Å²) >= 11 is 0. The summed E-state index contributed by atoms with van der Waals surface area (Å²) in [6.45, 7) is 4.47. The second kappa shape index (κ2) is 30.6. The van der Waals surface area contributed by atoms with Gasteiger partial charge in [-0.15, -0.1) is 0 Å². The molecule has 0 saturated carbocycles. The van der Waals surface area contributed by atoms with Gasteiger partial charge in [-0.1, -0.05) is 142 Å². The van der Waals surface area contributed by atoms with Crippen molar-refractivity contribution in [3.05, 3.63) is 54.0 Å². The normalized spacial score (nSPS) is 11.6. The first-order valence-corrected chi connectivity index (χ1v) is 19.5. The molecule has 0 aromatic heterocycles. The van der Waals surface area contributed by atoms with E-state index in [4.69, 9.17) is 9.47 Å². The van der Waals surface area contributed by atoms with E-state index in [1.807, 2.05) is 0 Å². The number of carbonyl (C=O) groups is 2. The molecule has 0 N–H and O–H groups in total. The van der Waals surface area contributed by atoms with Crippen LogP contribution >= 0.6 is 0 Å². The average molecular weight is 685 g/mol. The Hall–Kier alpha value is -1.45. The van der Waals surface area contributed by atoms with E-state index in [0.717, 1.165) is 56.7 Å². The molecular weight excluding hydrogens is 623 g/mol. The monoisotopic (exact) mass is 684 g/mol. The summed E-state index contributed by atoms with van der Waals surface area (Å²) in [6.07, 6.45) is 35.0. The van der Waals surface area contributed by atoms with Gasteiger partial charge in [0.05, 0.1) is 28.5 Å². The number of ether oxygens (including phenoxy) is 2. The first-order chi connectivity index (χ1) is 22.3. The molecule has 0 heterocycles. The zero-order chi connectivity index (χ0) is 33.7. The van der Waals surface area contributed by atoms with Gasteiger partial charge in [0.2, 0.25) is 0 Å². The molecule has 262 valence electrons. The summed E-state index contributed by atoms with van der Waals surface area (Å²) in [5.74, 6) is -1.76. The van der Waals surface area contributed by atoms with E-state index in [1.54, 1.807) is 12.2 Å². The largest absolute Gasteiger partial charge is 1.00 e. The summed E-state index contributed by atoms with van der Waals surface area (Å²) in [5, 5.41) is 0. The molecule has 1 aromatic rings. The molecule has 0 aliphatic rings. The minimum absolute atomic E-state index is 0. The molecule has 7 nitrogen and oxygen atoms in total. The second-order valence-electron chi connectivity index (χ2n) is 12.4. The fourth-order valence-electron chi connectivity index (χ4n) is 5.36. The van der Waals surface area contributed by atoms with Crippen molar-refractivity contribution in [3.63, 3.8) is 0 Å². The Kier molecular flexibility index (Phi) is 29.7. The van der Waals surface area contributed by atoms with Crippen LogP contribution in [0.1, 0.15) is 189 Å². The van der Waals surface area contributed by atoms with Crippen LogP contribution in [0.3, 0.4) is 0 Å². The number of allylic oxidation sites excluding steroid dienone is 2. The quantitative estimate of drug-likeness (QED) is 0.0274. The van der Waals surface area contributed by atoms with E-state index in [1.165, 1.54) is 128 Å². The fraction of sp³-hybridized carbons (Fsp3) is 0.684. The molecule has 0 saturated heterocycles. The molecule has 9 heteroatoms. The number of carbonyl (C=O) groups excluding carboxylic acids is 2. The van der Waals surface area contributed by atoms with E-state index in [-0.39, 0.29) is 40.7 Å². The SMILES string of the molecule is CCCCCCCCCCCCC/C=C/OC(=O)c1ccc(S(=O)(=O)[O-])cc1C(=O)O/C=C/CCCCCCCCCCCCC.[Na+]. The van der Waals surface area contributed by atoms with Gasteiger partial charge < -0.3 is 14.0 Å². The van der Waals surface area contributed by atoms with Crippen LogP contribution in [0.25, 0.3) is 0 Å². The minimum atomic E-state index is -4.84. The fourth-order valence-corrected chi connectivity index (χ4v) is 5.86. The van der Waals surface area contributed by atoms with Crippen molar-refractivity contribution in [2.45, 2.75) is 173 Å². The van der Waals surface area contributed by atoms with E-state index >= 15 is 0 Å². The van der Waals surface area contributed by atoms with Crippen molar-refractivity contribution in [2.24, 2.45) is 0 Å². The first-order valence-electron chi connectivity index (χ1n) is 18.1. The van der Waals surface area contributed by atoms with Gasteiger partial charge >= 0.3 is 41.5 Å². The number of hydrogen-bond donors (Lipinski definition) is 0. The Morgan fingerprint density at radius 1 is 0.574 bits per heavy atom. The third-order valence-electron chi connectivity index (χ3n) is 8.21. The molecule has 0 radical (unpaired) electrons. The Bertz CT molecular complexity index is 1120. The smallest absolute Gasteiger partial charge is 0.744 e. The van der Waals surface area contributed by atoms with E-state index in [2.05, 4.69) is 13.8 Å².